The fourth-order valence-electron chi connectivity index (χ4n) is 5.34. The molecule has 1 aliphatic rings. The summed E-state index contributed by atoms with van der Waals surface area (Å²) < 4.78 is 5.65. The Bertz CT molecular complexity index is 607. The van der Waals surface area contributed by atoms with Gasteiger partial charge >= 0.3 is 5.97 Å². The second kappa shape index (κ2) is 11.1. The summed E-state index contributed by atoms with van der Waals surface area (Å²) in [5.74, 6) is -1.97. The van der Waals surface area contributed by atoms with Crippen LogP contribution in [0.15, 0.2) is 0 Å². The highest BCUT2D eigenvalue weighted by Gasteiger charge is 2.47. The van der Waals surface area contributed by atoms with Crippen molar-refractivity contribution in [3.8, 4) is 0 Å². The predicted molar refractivity (Wildman–Crippen MR) is 126 cm³/mol. The molecular formula is C25H49NO6. The highest BCUT2D eigenvalue weighted by atomic mass is 16.6. The number of nitrogens with zero attached hydrogens (tertiary/aromatic N) is 1. The van der Waals surface area contributed by atoms with Crippen LogP contribution < -0.4 is 0 Å². The van der Waals surface area contributed by atoms with Crippen molar-refractivity contribution >= 4 is 5.97 Å². The molecule has 4 N–H and O–H groups in total. The maximum atomic E-state index is 12.9. The number of hydrogen-bond acceptors (Lipinski definition) is 7. The first-order chi connectivity index (χ1) is 14.5. The lowest BCUT2D eigenvalue weighted by Crippen LogP contribution is -2.60. The van der Waals surface area contributed by atoms with Gasteiger partial charge in [0.05, 0.1) is 17.6 Å². The van der Waals surface area contributed by atoms with Crippen LogP contribution in [-0.2, 0) is 9.53 Å². The van der Waals surface area contributed by atoms with E-state index >= 15 is 0 Å². The summed E-state index contributed by atoms with van der Waals surface area (Å²) in [5, 5.41) is 44.7. The van der Waals surface area contributed by atoms with E-state index in [-0.39, 0.29) is 23.8 Å². The van der Waals surface area contributed by atoms with Crippen molar-refractivity contribution in [3.63, 3.8) is 0 Å². The molecule has 32 heavy (non-hydrogen) atoms. The molecule has 0 radical (unpaired) electrons. The van der Waals surface area contributed by atoms with Gasteiger partial charge in [0.2, 0.25) is 0 Å². The Labute approximate surface area is 195 Å². The number of cyclic esters (lactones) is 1. The third-order valence-corrected chi connectivity index (χ3v) is 8.00. The largest absolute Gasteiger partial charge is 0.459 e. The van der Waals surface area contributed by atoms with Gasteiger partial charge in [-0.3, -0.25) is 9.69 Å². The van der Waals surface area contributed by atoms with Crippen LogP contribution >= 0.6 is 0 Å². The molecule has 1 aliphatic heterocycles. The van der Waals surface area contributed by atoms with E-state index in [0.717, 1.165) is 0 Å². The van der Waals surface area contributed by atoms with Crippen molar-refractivity contribution < 1.29 is 30.0 Å². The Morgan fingerprint density at radius 2 is 1.62 bits per heavy atom. The smallest absolute Gasteiger partial charge is 0.311 e. The van der Waals surface area contributed by atoms with Gasteiger partial charge in [-0.15, -0.1) is 0 Å². The number of esters is 1. The minimum atomic E-state index is -1.67. The summed E-state index contributed by atoms with van der Waals surface area (Å²) in [6.45, 7) is 19.1. The van der Waals surface area contributed by atoms with Gasteiger partial charge in [0.1, 0.15) is 17.8 Å². The summed E-state index contributed by atoms with van der Waals surface area (Å²) in [7, 11) is 0. The second-order valence-corrected chi connectivity index (χ2v) is 11.1. The average molecular weight is 460 g/mol. The molecule has 1 heterocycles. The standard InChI is InChI=1S/C25H49NO6/c1-11-20-25(10,31)22(28)19(8)26(14(2)3)13-15(4)12-24(9,30)18(7)16(5)21(27)17(6)23(29)32-20/h14-22,27-28,30-31H,11-13H2,1-10H3/t15-,16-,17-,18-,19-,20-,21+,22-,24-,25-/m1/s1. The number of carbonyl (C=O) groups excluding carboxylic acids is 1. The summed E-state index contributed by atoms with van der Waals surface area (Å²) in [5.41, 5.74) is -2.72. The zero-order valence-corrected chi connectivity index (χ0v) is 21.9. The molecule has 1 saturated heterocycles. The molecular weight excluding hydrogens is 410 g/mol. The second-order valence-electron chi connectivity index (χ2n) is 11.1. The molecule has 0 spiro atoms. The lowest BCUT2D eigenvalue weighted by atomic mass is 9.73. The van der Waals surface area contributed by atoms with Crippen LogP contribution in [-0.4, -0.2) is 79.4 Å². The number of hydrogen-bond donors (Lipinski definition) is 4. The van der Waals surface area contributed by atoms with Gasteiger partial charge < -0.3 is 25.2 Å². The van der Waals surface area contributed by atoms with Gasteiger partial charge in [-0.1, -0.05) is 27.7 Å². The van der Waals surface area contributed by atoms with E-state index in [1.54, 1.807) is 20.8 Å². The molecule has 7 heteroatoms. The molecule has 0 saturated carbocycles. The van der Waals surface area contributed by atoms with Crippen LogP contribution in [0.5, 0.6) is 0 Å². The molecule has 0 unspecified atom stereocenters. The average Bonchev–Trinajstić information content (AvgIpc) is 2.70. The Hall–Kier alpha value is -0.730. The minimum absolute atomic E-state index is 0.0966. The van der Waals surface area contributed by atoms with Gasteiger partial charge in [0, 0.05) is 18.6 Å². The van der Waals surface area contributed by atoms with Gasteiger partial charge in [-0.2, -0.15) is 0 Å². The van der Waals surface area contributed by atoms with Gasteiger partial charge in [-0.05, 0) is 72.1 Å². The van der Waals surface area contributed by atoms with Crippen LogP contribution in [0.1, 0.15) is 82.1 Å². The zero-order valence-electron chi connectivity index (χ0n) is 21.9. The van der Waals surface area contributed by atoms with E-state index in [1.807, 2.05) is 34.6 Å². The molecule has 0 amide bonds. The Morgan fingerprint density at radius 1 is 1.09 bits per heavy atom. The fraction of sp³-hybridized carbons (Fsp3) is 0.960. The Balaban J connectivity index is 3.47. The van der Waals surface area contributed by atoms with Gasteiger partial charge in [-0.25, -0.2) is 0 Å². The summed E-state index contributed by atoms with van der Waals surface area (Å²) in [6.07, 6.45) is -2.27. The molecule has 0 aromatic carbocycles. The first-order valence-corrected chi connectivity index (χ1v) is 12.3. The molecule has 0 aromatic heterocycles. The van der Waals surface area contributed by atoms with Crippen LogP contribution in [0, 0.1) is 23.7 Å². The maximum absolute atomic E-state index is 12.9. The van der Waals surface area contributed by atoms with Crippen molar-refractivity contribution in [2.45, 2.75) is 124 Å². The van der Waals surface area contributed by atoms with Crippen molar-refractivity contribution in [1.29, 1.82) is 0 Å². The van der Waals surface area contributed by atoms with E-state index in [9.17, 15) is 25.2 Å². The first kappa shape index (κ1) is 29.3. The molecule has 7 nitrogen and oxygen atoms in total. The highest BCUT2D eigenvalue weighted by Crippen LogP contribution is 2.36. The minimum Gasteiger partial charge on any atom is -0.459 e. The first-order valence-electron chi connectivity index (χ1n) is 12.3. The van der Waals surface area contributed by atoms with E-state index in [0.29, 0.717) is 19.4 Å². The molecule has 190 valence electrons. The number of ether oxygens (including phenoxy) is 1. The topological polar surface area (TPSA) is 110 Å². The lowest BCUT2D eigenvalue weighted by Gasteiger charge is -2.44. The SMILES string of the molecule is CC[C@H]1OC(=O)[C@H](C)[C@@H](O)[C@H](C)[C@@H](C)[C@](C)(O)C[C@@H](C)CN(C(C)C)[C@H](C)[C@@H](O)[C@]1(C)O. The van der Waals surface area contributed by atoms with E-state index in [4.69, 9.17) is 4.74 Å². The van der Waals surface area contributed by atoms with E-state index in [2.05, 4.69) is 11.8 Å². The number of aliphatic hydroxyl groups is 4. The molecule has 0 bridgehead atoms. The lowest BCUT2D eigenvalue weighted by molar-refractivity contribution is -0.194. The third kappa shape index (κ3) is 6.44. The number of carbonyl (C=O) groups is 1. The molecule has 10 atom stereocenters. The monoisotopic (exact) mass is 459 g/mol. The summed E-state index contributed by atoms with van der Waals surface area (Å²) >= 11 is 0. The normalized spacial score (nSPS) is 46.4. The number of rotatable bonds is 2. The predicted octanol–water partition coefficient (Wildman–Crippen LogP) is 2.58. The molecule has 1 fully saturated rings. The molecule has 0 aromatic rings. The fourth-order valence-corrected chi connectivity index (χ4v) is 5.34. The highest BCUT2D eigenvalue weighted by molar-refractivity contribution is 5.73. The third-order valence-electron chi connectivity index (χ3n) is 8.00. The van der Waals surface area contributed by atoms with Crippen molar-refractivity contribution in [2.75, 3.05) is 6.54 Å². The van der Waals surface area contributed by atoms with Crippen LogP contribution in [0.3, 0.4) is 0 Å². The summed E-state index contributed by atoms with van der Waals surface area (Å²) in [6, 6.07) is -0.311. The molecule has 0 aliphatic carbocycles. The quantitative estimate of drug-likeness (QED) is 0.470. The Morgan fingerprint density at radius 3 is 2.09 bits per heavy atom. The number of aliphatic hydroxyl groups excluding tert-OH is 2. The molecule has 1 rings (SSSR count). The van der Waals surface area contributed by atoms with Crippen LogP contribution in [0.2, 0.25) is 0 Å². The van der Waals surface area contributed by atoms with Crippen LogP contribution in [0.25, 0.3) is 0 Å². The van der Waals surface area contributed by atoms with Crippen molar-refractivity contribution in [2.24, 2.45) is 23.7 Å². The van der Waals surface area contributed by atoms with Crippen LogP contribution in [0.4, 0.5) is 0 Å². The van der Waals surface area contributed by atoms with Crippen molar-refractivity contribution in [3.05, 3.63) is 0 Å². The Kier molecular flexibility index (Phi) is 10.2. The van der Waals surface area contributed by atoms with Crippen molar-refractivity contribution in [1.82, 2.24) is 4.90 Å². The van der Waals surface area contributed by atoms with Gasteiger partial charge in [0.15, 0.2) is 0 Å². The van der Waals surface area contributed by atoms with Gasteiger partial charge in [0.25, 0.3) is 0 Å². The summed E-state index contributed by atoms with van der Waals surface area (Å²) in [4.78, 5) is 15.0. The van der Waals surface area contributed by atoms with E-state index in [1.165, 1.54) is 6.92 Å². The zero-order chi connectivity index (χ0) is 25.2. The maximum Gasteiger partial charge on any atom is 0.311 e. The van der Waals surface area contributed by atoms with E-state index < -0.39 is 47.4 Å².